The number of benzene rings is 1. The molecular formula is C19H19N3O4S. The Kier molecular flexibility index (Phi) is 4.81. The Hall–Kier alpha value is -2.87. The summed E-state index contributed by atoms with van der Waals surface area (Å²) in [6.07, 6.45) is 3.09. The van der Waals surface area contributed by atoms with Crippen molar-refractivity contribution in [1.82, 2.24) is 9.55 Å². The smallest absolute Gasteiger partial charge is 0.262 e. The monoisotopic (exact) mass is 385 g/mol. The lowest BCUT2D eigenvalue weighted by molar-refractivity contribution is -0.116. The van der Waals surface area contributed by atoms with E-state index in [1.165, 1.54) is 22.2 Å². The van der Waals surface area contributed by atoms with Gasteiger partial charge in [0.05, 0.1) is 24.9 Å². The Bertz CT molecular complexity index is 1060. The summed E-state index contributed by atoms with van der Waals surface area (Å²) in [6, 6.07) is 7.11. The number of aromatic nitrogens is 2. The molecule has 0 saturated heterocycles. The molecule has 3 aromatic rings. The van der Waals surface area contributed by atoms with Crippen LogP contribution in [0.15, 0.2) is 35.4 Å². The highest BCUT2D eigenvalue weighted by atomic mass is 32.1. The van der Waals surface area contributed by atoms with Crippen LogP contribution in [0.1, 0.15) is 18.2 Å². The fourth-order valence-corrected chi connectivity index (χ4v) is 3.82. The molecule has 0 spiro atoms. The number of carbonyl (C=O) groups excluding carboxylic acids is 1. The van der Waals surface area contributed by atoms with E-state index < -0.39 is 0 Å². The average molecular weight is 385 g/mol. The summed E-state index contributed by atoms with van der Waals surface area (Å²) < 4.78 is 12.5. The van der Waals surface area contributed by atoms with Gasteiger partial charge in [0.2, 0.25) is 5.91 Å². The molecule has 27 heavy (non-hydrogen) atoms. The van der Waals surface area contributed by atoms with Crippen molar-refractivity contribution >= 4 is 33.1 Å². The number of amides is 1. The summed E-state index contributed by atoms with van der Waals surface area (Å²) in [7, 11) is 0. The number of fused-ring (bicyclic) bond motifs is 2. The molecule has 1 N–H and O–H groups in total. The topological polar surface area (TPSA) is 82.5 Å². The molecule has 0 saturated carbocycles. The zero-order chi connectivity index (χ0) is 18.8. The van der Waals surface area contributed by atoms with Gasteiger partial charge in [-0.1, -0.05) is 6.92 Å². The maximum absolute atomic E-state index is 12.6. The van der Waals surface area contributed by atoms with E-state index in [0.717, 1.165) is 17.7 Å². The predicted molar refractivity (Wildman–Crippen MR) is 104 cm³/mol. The first-order valence-electron chi connectivity index (χ1n) is 8.81. The number of anilines is 1. The highest BCUT2D eigenvalue weighted by Gasteiger charge is 2.14. The molecule has 0 atom stereocenters. The van der Waals surface area contributed by atoms with E-state index in [2.05, 4.69) is 10.3 Å². The number of nitrogens with zero attached hydrogens (tertiary/aromatic N) is 2. The molecule has 2 aromatic heterocycles. The van der Waals surface area contributed by atoms with Gasteiger partial charge >= 0.3 is 0 Å². The summed E-state index contributed by atoms with van der Waals surface area (Å²) in [5, 5.41) is 3.35. The van der Waals surface area contributed by atoms with Crippen LogP contribution in [0.3, 0.4) is 0 Å². The third-order valence-corrected chi connectivity index (χ3v) is 5.45. The van der Waals surface area contributed by atoms with E-state index in [1.807, 2.05) is 13.0 Å². The van der Waals surface area contributed by atoms with E-state index in [1.54, 1.807) is 18.2 Å². The van der Waals surface area contributed by atoms with E-state index >= 15 is 0 Å². The van der Waals surface area contributed by atoms with Crippen molar-refractivity contribution < 1.29 is 14.3 Å². The summed E-state index contributed by atoms with van der Waals surface area (Å²) in [6.45, 7) is 3.12. The Morgan fingerprint density at radius 1 is 1.26 bits per heavy atom. The lowest BCUT2D eigenvalue weighted by Crippen LogP contribution is -2.27. The summed E-state index contributed by atoms with van der Waals surface area (Å²) in [5.41, 5.74) is 0.389. The second-order valence-electron chi connectivity index (χ2n) is 6.22. The van der Waals surface area contributed by atoms with Crippen molar-refractivity contribution in [2.45, 2.75) is 26.3 Å². The number of nitrogens with one attached hydrogen (secondary N) is 1. The zero-order valence-electron chi connectivity index (χ0n) is 14.9. The molecule has 1 aromatic carbocycles. The molecule has 0 unspecified atom stereocenters. The number of rotatable bonds is 4. The third kappa shape index (κ3) is 3.66. The van der Waals surface area contributed by atoms with Gasteiger partial charge in [-0.2, -0.15) is 0 Å². The maximum Gasteiger partial charge on any atom is 0.262 e. The van der Waals surface area contributed by atoms with Gasteiger partial charge in [0.15, 0.2) is 11.5 Å². The standard InChI is InChI=1S/C19H19N3O4S/c1-2-13-9-14-18(27-13)20-11-22(19(14)24)10-17(23)21-12-4-5-15-16(8-12)26-7-3-6-25-15/h4-5,8-9,11H,2-3,6-7,10H2,1H3,(H,21,23). The van der Waals surface area contributed by atoms with Crippen molar-refractivity contribution in [3.63, 3.8) is 0 Å². The Labute approximate surface area is 159 Å². The zero-order valence-corrected chi connectivity index (χ0v) is 15.7. The fraction of sp³-hybridized carbons (Fsp3) is 0.316. The van der Waals surface area contributed by atoms with E-state index in [-0.39, 0.29) is 18.0 Å². The van der Waals surface area contributed by atoms with Crippen molar-refractivity contribution in [3.8, 4) is 11.5 Å². The van der Waals surface area contributed by atoms with Crippen molar-refractivity contribution in [2.24, 2.45) is 0 Å². The molecule has 1 amide bonds. The first kappa shape index (κ1) is 17.5. The van der Waals surface area contributed by atoms with Crippen LogP contribution < -0.4 is 20.3 Å². The number of thiophene rings is 1. The lowest BCUT2D eigenvalue weighted by Gasteiger charge is -2.11. The van der Waals surface area contributed by atoms with Gasteiger partial charge < -0.3 is 14.8 Å². The Morgan fingerprint density at radius 2 is 2.07 bits per heavy atom. The first-order chi connectivity index (χ1) is 13.1. The minimum Gasteiger partial charge on any atom is -0.490 e. The van der Waals surface area contributed by atoms with Crippen LogP contribution in [0, 0.1) is 0 Å². The lowest BCUT2D eigenvalue weighted by atomic mass is 10.2. The summed E-state index contributed by atoms with van der Waals surface area (Å²) in [5.74, 6) is 0.968. The molecule has 1 aliphatic heterocycles. The average Bonchev–Trinajstić information content (AvgIpc) is 2.95. The van der Waals surface area contributed by atoms with Crippen LogP contribution in [0.4, 0.5) is 5.69 Å². The second-order valence-corrected chi connectivity index (χ2v) is 7.34. The fourth-order valence-electron chi connectivity index (χ4n) is 2.89. The van der Waals surface area contributed by atoms with Crippen LogP contribution >= 0.6 is 11.3 Å². The molecule has 3 heterocycles. The van der Waals surface area contributed by atoms with Gasteiger partial charge in [0, 0.05) is 23.1 Å². The SMILES string of the molecule is CCc1cc2c(=O)n(CC(=O)Nc3ccc4c(c3)OCCCO4)cnc2s1. The van der Waals surface area contributed by atoms with Crippen LogP contribution in [0.25, 0.3) is 10.2 Å². The quantitative estimate of drug-likeness (QED) is 0.747. The Balaban J connectivity index is 1.51. The number of hydrogen-bond acceptors (Lipinski definition) is 6. The molecule has 0 aliphatic carbocycles. The molecule has 7 nitrogen and oxygen atoms in total. The van der Waals surface area contributed by atoms with Gasteiger partial charge in [-0.25, -0.2) is 4.98 Å². The van der Waals surface area contributed by atoms with Crippen molar-refractivity contribution in [3.05, 3.63) is 45.8 Å². The highest BCUT2D eigenvalue weighted by Crippen LogP contribution is 2.32. The minimum atomic E-state index is -0.307. The maximum atomic E-state index is 12.6. The molecule has 4 rings (SSSR count). The summed E-state index contributed by atoms with van der Waals surface area (Å²) >= 11 is 1.51. The Morgan fingerprint density at radius 3 is 2.89 bits per heavy atom. The van der Waals surface area contributed by atoms with Gasteiger partial charge in [-0.3, -0.25) is 14.2 Å². The number of ether oxygens (including phenoxy) is 2. The molecule has 0 fully saturated rings. The largest absolute Gasteiger partial charge is 0.490 e. The van der Waals surface area contributed by atoms with E-state index in [9.17, 15) is 9.59 Å². The number of aryl methyl sites for hydroxylation is 1. The van der Waals surface area contributed by atoms with Crippen LogP contribution in [0.5, 0.6) is 11.5 Å². The van der Waals surface area contributed by atoms with E-state index in [0.29, 0.717) is 40.6 Å². The molecular weight excluding hydrogens is 366 g/mol. The molecule has 1 aliphatic rings. The van der Waals surface area contributed by atoms with Gasteiger partial charge in [-0.05, 0) is 24.6 Å². The van der Waals surface area contributed by atoms with Gasteiger partial charge in [-0.15, -0.1) is 11.3 Å². The van der Waals surface area contributed by atoms with E-state index in [4.69, 9.17) is 9.47 Å². The molecule has 0 radical (unpaired) electrons. The van der Waals surface area contributed by atoms with Gasteiger partial charge in [0.1, 0.15) is 11.4 Å². The van der Waals surface area contributed by atoms with Gasteiger partial charge in [0.25, 0.3) is 5.56 Å². The predicted octanol–water partition coefficient (Wildman–Crippen LogP) is 2.82. The normalized spacial score (nSPS) is 13.4. The highest BCUT2D eigenvalue weighted by molar-refractivity contribution is 7.18. The van der Waals surface area contributed by atoms with Crippen LogP contribution in [-0.4, -0.2) is 28.7 Å². The minimum absolute atomic E-state index is 0.104. The third-order valence-electron chi connectivity index (χ3n) is 4.26. The summed E-state index contributed by atoms with van der Waals surface area (Å²) in [4.78, 5) is 31.1. The number of hydrogen-bond donors (Lipinski definition) is 1. The van der Waals surface area contributed by atoms with Crippen LogP contribution in [-0.2, 0) is 17.8 Å². The second kappa shape index (κ2) is 7.40. The number of carbonyl (C=O) groups is 1. The van der Waals surface area contributed by atoms with Crippen molar-refractivity contribution in [1.29, 1.82) is 0 Å². The molecule has 8 heteroatoms. The van der Waals surface area contributed by atoms with Crippen LogP contribution in [0.2, 0.25) is 0 Å². The first-order valence-corrected chi connectivity index (χ1v) is 9.63. The van der Waals surface area contributed by atoms with Crippen molar-refractivity contribution in [2.75, 3.05) is 18.5 Å². The molecule has 140 valence electrons. The molecule has 0 bridgehead atoms.